The molecule has 0 saturated carbocycles. The Morgan fingerprint density at radius 1 is 1.43 bits per heavy atom. The number of nitrogens with one attached hydrogen (secondary N) is 1. The summed E-state index contributed by atoms with van der Waals surface area (Å²) >= 11 is 1.56. The van der Waals surface area contributed by atoms with Gasteiger partial charge in [-0.25, -0.2) is 0 Å². The zero-order chi connectivity index (χ0) is 15.1. The first-order chi connectivity index (χ1) is 10.2. The Balaban J connectivity index is 2.00. The number of carbonyl (C=O) groups is 1. The summed E-state index contributed by atoms with van der Waals surface area (Å²) in [7, 11) is 1.61. The Labute approximate surface area is 128 Å². The normalized spacial score (nSPS) is 10.6. The maximum Gasteiger partial charge on any atom is 0.252 e. The highest BCUT2D eigenvalue weighted by molar-refractivity contribution is 7.98. The van der Waals surface area contributed by atoms with Gasteiger partial charge in [0, 0.05) is 24.6 Å². The second-order valence-electron chi connectivity index (χ2n) is 4.47. The number of benzene rings is 1. The molecule has 0 unspecified atom stereocenters. The van der Waals surface area contributed by atoms with Crippen LogP contribution in [0.25, 0.3) is 0 Å². The van der Waals surface area contributed by atoms with Crippen molar-refractivity contribution in [3.05, 3.63) is 47.3 Å². The van der Waals surface area contributed by atoms with Gasteiger partial charge >= 0.3 is 0 Å². The van der Waals surface area contributed by atoms with Crippen LogP contribution in [0.5, 0.6) is 0 Å². The first-order valence-electron chi connectivity index (χ1n) is 6.62. The number of ether oxygens (including phenoxy) is 1. The SMILES string of the molecule is COCCNC(=O)c1ccccc1SCc1cc(C)no1. The van der Waals surface area contributed by atoms with E-state index in [0.717, 1.165) is 16.3 Å². The second kappa shape index (κ2) is 7.85. The summed E-state index contributed by atoms with van der Waals surface area (Å²) in [5, 5.41) is 6.68. The van der Waals surface area contributed by atoms with E-state index in [9.17, 15) is 4.79 Å². The van der Waals surface area contributed by atoms with E-state index in [1.165, 1.54) is 0 Å². The van der Waals surface area contributed by atoms with Crippen molar-refractivity contribution < 1.29 is 14.1 Å². The van der Waals surface area contributed by atoms with Crippen LogP contribution in [0.3, 0.4) is 0 Å². The third kappa shape index (κ3) is 4.61. The lowest BCUT2D eigenvalue weighted by atomic mass is 10.2. The van der Waals surface area contributed by atoms with Crippen molar-refractivity contribution in [3.63, 3.8) is 0 Å². The van der Waals surface area contributed by atoms with Crippen LogP contribution in [0.15, 0.2) is 39.8 Å². The molecule has 2 rings (SSSR count). The molecule has 5 nitrogen and oxygen atoms in total. The lowest BCUT2D eigenvalue weighted by Gasteiger charge is -2.09. The Bertz CT molecular complexity index is 598. The third-order valence-corrected chi connectivity index (χ3v) is 3.87. The van der Waals surface area contributed by atoms with E-state index in [4.69, 9.17) is 9.26 Å². The number of nitrogens with zero attached hydrogens (tertiary/aromatic N) is 1. The van der Waals surface area contributed by atoms with Crippen LogP contribution in [0.4, 0.5) is 0 Å². The maximum absolute atomic E-state index is 12.1. The quantitative estimate of drug-likeness (QED) is 0.629. The fourth-order valence-electron chi connectivity index (χ4n) is 1.78. The van der Waals surface area contributed by atoms with Crippen molar-refractivity contribution in [3.8, 4) is 0 Å². The minimum Gasteiger partial charge on any atom is -0.383 e. The van der Waals surface area contributed by atoms with Gasteiger partial charge in [-0.3, -0.25) is 4.79 Å². The fraction of sp³-hybridized carbons (Fsp3) is 0.333. The van der Waals surface area contributed by atoms with Gasteiger partial charge in [-0.1, -0.05) is 17.3 Å². The minimum atomic E-state index is -0.0936. The van der Waals surface area contributed by atoms with Crippen LogP contribution in [0, 0.1) is 6.92 Å². The minimum absolute atomic E-state index is 0.0936. The number of rotatable bonds is 7. The van der Waals surface area contributed by atoms with Gasteiger partial charge in [-0.05, 0) is 19.1 Å². The number of hydrogen-bond acceptors (Lipinski definition) is 5. The van der Waals surface area contributed by atoms with Crippen molar-refractivity contribution in [2.45, 2.75) is 17.6 Å². The smallest absolute Gasteiger partial charge is 0.252 e. The summed E-state index contributed by atoms with van der Waals surface area (Å²) in [4.78, 5) is 13.1. The summed E-state index contributed by atoms with van der Waals surface area (Å²) in [5.74, 6) is 1.35. The third-order valence-electron chi connectivity index (χ3n) is 2.77. The molecule has 0 aliphatic rings. The van der Waals surface area contributed by atoms with E-state index in [1.807, 2.05) is 37.3 Å². The number of methoxy groups -OCH3 is 1. The number of carbonyl (C=O) groups excluding carboxylic acids is 1. The van der Waals surface area contributed by atoms with E-state index in [0.29, 0.717) is 24.5 Å². The standard InChI is InChI=1S/C15H18N2O3S/c1-11-9-12(20-17-11)10-21-14-6-4-3-5-13(14)15(18)16-7-8-19-2/h3-6,9H,7-8,10H2,1-2H3,(H,16,18). The van der Waals surface area contributed by atoms with Crippen molar-refractivity contribution in [1.29, 1.82) is 0 Å². The van der Waals surface area contributed by atoms with Crippen LogP contribution < -0.4 is 5.32 Å². The number of thioether (sulfide) groups is 1. The number of hydrogen-bond donors (Lipinski definition) is 1. The molecular weight excluding hydrogens is 288 g/mol. The Kier molecular flexibility index (Phi) is 5.83. The highest BCUT2D eigenvalue weighted by Crippen LogP contribution is 2.26. The number of aryl methyl sites for hydroxylation is 1. The molecule has 6 heteroatoms. The first-order valence-corrected chi connectivity index (χ1v) is 7.60. The van der Waals surface area contributed by atoms with Crippen molar-refractivity contribution in [1.82, 2.24) is 10.5 Å². The highest BCUT2D eigenvalue weighted by Gasteiger charge is 2.11. The maximum atomic E-state index is 12.1. The van der Waals surface area contributed by atoms with Gasteiger partial charge in [0.15, 0.2) is 0 Å². The first kappa shape index (κ1) is 15.6. The topological polar surface area (TPSA) is 64.4 Å². The number of amides is 1. The molecule has 0 atom stereocenters. The molecule has 1 aromatic heterocycles. The van der Waals surface area contributed by atoms with Crippen LogP contribution in [-0.4, -0.2) is 31.3 Å². The zero-order valence-electron chi connectivity index (χ0n) is 12.1. The molecule has 0 bridgehead atoms. The molecule has 0 radical (unpaired) electrons. The molecule has 1 amide bonds. The van der Waals surface area contributed by atoms with Gasteiger partial charge in [0.1, 0.15) is 5.76 Å². The summed E-state index contributed by atoms with van der Waals surface area (Å²) in [6.45, 7) is 2.88. The molecule has 1 heterocycles. The number of aromatic nitrogens is 1. The zero-order valence-corrected chi connectivity index (χ0v) is 12.9. The van der Waals surface area contributed by atoms with Gasteiger partial charge in [0.05, 0.1) is 23.6 Å². The highest BCUT2D eigenvalue weighted by atomic mass is 32.2. The Morgan fingerprint density at radius 3 is 2.95 bits per heavy atom. The molecule has 0 aliphatic heterocycles. The average Bonchev–Trinajstić information content (AvgIpc) is 2.91. The van der Waals surface area contributed by atoms with Crippen molar-refractivity contribution in [2.24, 2.45) is 0 Å². The lowest BCUT2D eigenvalue weighted by Crippen LogP contribution is -2.27. The van der Waals surface area contributed by atoms with Crippen LogP contribution in [-0.2, 0) is 10.5 Å². The lowest BCUT2D eigenvalue weighted by molar-refractivity contribution is 0.0934. The summed E-state index contributed by atoms with van der Waals surface area (Å²) in [6, 6.07) is 9.41. The van der Waals surface area contributed by atoms with Gasteiger partial charge in [-0.15, -0.1) is 11.8 Å². The predicted molar refractivity (Wildman–Crippen MR) is 81.5 cm³/mol. The Hall–Kier alpha value is -1.79. The molecule has 21 heavy (non-hydrogen) atoms. The van der Waals surface area contributed by atoms with E-state index in [-0.39, 0.29) is 5.91 Å². The van der Waals surface area contributed by atoms with Crippen molar-refractivity contribution >= 4 is 17.7 Å². The van der Waals surface area contributed by atoms with Crippen LogP contribution in [0.2, 0.25) is 0 Å². The van der Waals surface area contributed by atoms with Crippen LogP contribution >= 0.6 is 11.8 Å². The molecular formula is C15H18N2O3S. The monoisotopic (exact) mass is 306 g/mol. The average molecular weight is 306 g/mol. The fourth-order valence-corrected chi connectivity index (χ4v) is 2.70. The van der Waals surface area contributed by atoms with E-state index in [1.54, 1.807) is 18.9 Å². The molecule has 0 aliphatic carbocycles. The van der Waals surface area contributed by atoms with Crippen molar-refractivity contribution in [2.75, 3.05) is 20.3 Å². The largest absolute Gasteiger partial charge is 0.383 e. The molecule has 1 aromatic carbocycles. The van der Waals surface area contributed by atoms with E-state index in [2.05, 4.69) is 10.5 Å². The van der Waals surface area contributed by atoms with Gasteiger partial charge in [-0.2, -0.15) is 0 Å². The molecule has 2 aromatic rings. The summed E-state index contributed by atoms with van der Waals surface area (Å²) in [6.07, 6.45) is 0. The van der Waals surface area contributed by atoms with Gasteiger partial charge in [0.25, 0.3) is 5.91 Å². The molecule has 112 valence electrons. The van der Waals surface area contributed by atoms with Gasteiger partial charge in [0.2, 0.25) is 0 Å². The summed E-state index contributed by atoms with van der Waals surface area (Å²) in [5.41, 5.74) is 1.52. The molecule has 0 saturated heterocycles. The van der Waals surface area contributed by atoms with E-state index < -0.39 is 0 Å². The second-order valence-corrected chi connectivity index (χ2v) is 5.49. The molecule has 0 fully saturated rings. The van der Waals surface area contributed by atoms with Gasteiger partial charge < -0.3 is 14.6 Å². The Morgan fingerprint density at radius 2 is 2.24 bits per heavy atom. The summed E-state index contributed by atoms with van der Waals surface area (Å²) < 4.78 is 10.1. The van der Waals surface area contributed by atoms with Crippen LogP contribution in [0.1, 0.15) is 21.8 Å². The molecule has 0 spiro atoms. The predicted octanol–water partition coefficient (Wildman–Crippen LogP) is 2.65. The molecule has 1 N–H and O–H groups in total. The van der Waals surface area contributed by atoms with E-state index >= 15 is 0 Å².